The number of nitrogens with zero attached hydrogens (tertiary/aromatic N) is 1. The molecule has 1 saturated heterocycles. The first-order valence-corrected chi connectivity index (χ1v) is 7.31. The van der Waals surface area contributed by atoms with Crippen molar-refractivity contribution in [1.82, 2.24) is 4.90 Å². The van der Waals surface area contributed by atoms with Crippen LogP contribution >= 0.6 is 15.9 Å². The molecule has 0 radical (unpaired) electrons. The molecule has 0 bridgehead atoms. The monoisotopic (exact) mass is 273 g/mol. The fraction of sp³-hybridized carbons (Fsp3) is 0.917. The largest absolute Gasteiger partial charge is 0.339 e. The third-order valence-corrected chi connectivity index (χ3v) is 4.26. The molecule has 2 rings (SSSR count). The van der Waals surface area contributed by atoms with Crippen molar-refractivity contribution in [3.8, 4) is 0 Å². The number of hydrogen-bond acceptors (Lipinski definition) is 1. The third-order valence-electron chi connectivity index (χ3n) is 3.81. The van der Waals surface area contributed by atoms with E-state index in [1.165, 1.54) is 25.7 Å². The van der Waals surface area contributed by atoms with Crippen molar-refractivity contribution in [3.63, 3.8) is 0 Å². The molecule has 0 aromatic carbocycles. The Labute approximate surface area is 101 Å². The summed E-state index contributed by atoms with van der Waals surface area (Å²) < 4.78 is 0. The summed E-state index contributed by atoms with van der Waals surface area (Å²) in [4.78, 5) is 14.4. The van der Waals surface area contributed by atoms with Crippen LogP contribution < -0.4 is 0 Å². The quantitative estimate of drug-likeness (QED) is 0.724. The van der Waals surface area contributed by atoms with Crippen LogP contribution in [0.15, 0.2) is 0 Å². The van der Waals surface area contributed by atoms with Gasteiger partial charge < -0.3 is 4.90 Å². The highest BCUT2D eigenvalue weighted by Crippen LogP contribution is 2.31. The maximum atomic E-state index is 12.2. The number of carbonyl (C=O) groups excluding carboxylic acids is 1. The topological polar surface area (TPSA) is 20.3 Å². The molecule has 0 spiro atoms. The molecule has 1 heterocycles. The lowest BCUT2D eigenvalue weighted by Crippen LogP contribution is -2.47. The van der Waals surface area contributed by atoms with Gasteiger partial charge in [0, 0.05) is 23.8 Å². The van der Waals surface area contributed by atoms with Gasteiger partial charge in [0.05, 0.1) is 0 Å². The lowest BCUT2D eigenvalue weighted by molar-refractivity contribution is -0.142. The number of alkyl halides is 1. The highest BCUT2D eigenvalue weighted by molar-refractivity contribution is 9.09. The average Bonchev–Trinajstić information content (AvgIpc) is 2.16. The maximum absolute atomic E-state index is 12.2. The zero-order valence-electron chi connectivity index (χ0n) is 9.25. The number of halogens is 1. The van der Waals surface area contributed by atoms with E-state index in [0.29, 0.717) is 17.9 Å². The summed E-state index contributed by atoms with van der Waals surface area (Å²) >= 11 is 3.49. The van der Waals surface area contributed by atoms with Gasteiger partial charge in [-0.3, -0.25) is 4.79 Å². The maximum Gasteiger partial charge on any atom is 0.225 e. The lowest BCUT2D eigenvalue weighted by Gasteiger charge is -2.39. The van der Waals surface area contributed by atoms with E-state index in [1.807, 2.05) is 0 Å². The first-order chi connectivity index (χ1) is 7.33. The van der Waals surface area contributed by atoms with Gasteiger partial charge in [0.25, 0.3) is 0 Å². The van der Waals surface area contributed by atoms with E-state index in [2.05, 4.69) is 20.8 Å². The molecular weight excluding hydrogens is 254 g/mol. The predicted octanol–water partition coefficient (Wildman–Crippen LogP) is 2.95. The summed E-state index contributed by atoms with van der Waals surface area (Å²) in [5, 5.41) is 1.02. The zero-order chi connectivity index (χ0) is 10.7. The van der Waals surface area contributed by atoms with E-state index in [0.717, 1.165) is 31.1 Å². The van der Waals surface area contributed by atoms with Crippen LogP contribution in [-0.4, -0.2) is 28.7 Å². The van der Waals surface area contributed by atoms with Crippen molar-refractivity contribution in [2.45, 2.75) is 51.0 Å². The Morgan fingerprint density at radius 1 is 1.20 bits per heavy atom. The van der Waals surface area contributed by atoms with Gasteiger partial charge in [-0.15, -0.1) is 0 Å². The van der Waals surface area contributed by atoms with E-state index in [1.54, 1.807) is 0 Å². The molecule has 2 fully saturated rings. The molecule has 1 aliphatic carbocycles. The van der Waals surface area contributed by atoms with Crippen molar-refractivity contribution in [1.29, 1.82) is 0 Å². The normalized spacial score (nSPS) is 27.5. The van der Waals surface area contributed by atoms with Gasteiger partial charge in [-0.1, -0.05) is 22.4 Å². The number of likely N-dealkylation sites (tertiary alicyclic amines) is 1. The van der Waals surface area contributed by atoms with Gasteiger partial charge in [-0.2, -0.15) is 0 Å². The van der Waals surface area contributed by atoms with Crippen LogP contribution in [0.3, 0.4) is 0 Å². The molecule has 1 unspecified atom stereocenters. The minimum atomic E-state index is 0.376. The Morgan fingerprint density at radius 2 is 2.00 bits per heavy atom. The summed E-state index contributed by atoms with van der Waals surface area (Å²) in [5.74, 6) is 0.827. The SMILES string of the molecule is O=C(C1CCC1)N1CCCCC1CCBr. The first kappa shape index (κ1) is 11.4. The molecule has 15 heavy (non-hydrogen) atoms. The average molecular weight is 274 g/mol. The number of carbonyl (C=O) groups is 1. The van der Waals surface area contributed by atoms with Gasteiger partial charge >= 0.3 is 0 Å². The highest BCUT2D eigenvalue weighted by atomic mass is 79.9. The number of hydrogen-bond donors (Lipinski definition) is 0. The van der Waals surface area contributed by atoms with Crippen LogP contribution in [0.2, 0.25) is 0 Å². The molecule has 2 aliphatic rings. The third kappa shape index (κ3) is 2.55. The van der Waals surface area contributed by atoms with E-state index < -0.39 is 0 Å². The van der Waals surface area contributed by atoms with Crippen molar-refractivity contribution in [3.05, 3.63) is 0 Å². The van der Waals surface area contributed by atoms with Crippen LogP contribution in [0.25, 0.3) is 0 Å². The zero-order valence-corrected chi connectivity index (χ0v) is 10.8. The van der Waals surface area contributed by atoms with Gasteiger partial charge in [-0.05, 0) is 38.5 Å². The number of piperidine rings is 1. The number of rotatable bonds is 3. The molecular formula is C12H20BrNO. The second-order valence-corrected chi connectivity index (χ2v) is 5.58. The van der Waals surface area contributed by atoms with E-state index in [9.17, 15) is 4.79 Å². The first-order valence-electron chi connectivity index (χ1n) is 6.19. The van der Waals surface area contributed by atoms with E-state index in [-0.39, 0.29) is 0 Å². The standard InChI is InChI=1S/C12H20BrNO/c13-8-7-11-6-1-2-9-14(11)12(15)10-4-3-5-10/h10-11H,1-9H2. The molecule has 0 aromatic heterocycles. The molecule has 2 nitrogen and oxygen atoms in total. The van der Waals surface area contributed by atoms with Crippen molar-refractivity contribution in [2.24, 2.45) is 5.92 Å². The summed E-state index contributed by atoms with van der Waals surface area (Å²) in [5.41, 5.74) is 0. The molecule has 1 atom stereocenters. The molecule has 86 valence electrons. The summed E-state index contributed by atoms with van der Waals surface area (Å²) in [6.45, 7) is 1.01. The second-order valence-electron chi connectivity index (χ2n) is 4.79. The van der Waals surface area contributed by atoms with Gasteiger partial charge in [0.2, 0.25) is 5.91 Å². The minimum absolute atomic E-state index is 0.376. The predicted molar refractivity (Wildman–Crippen MR) is 65.1 cm³/mol. The molecule has 0 aromatic rings. The highest BCUT2D eigenvalue weighted by Gasteiger charge is 2.33. The van der Waals surface area contributed by atoms with E-state index in [4.69, 9.17) is 0 Å². The molecule has 1 saturated carbocycles. The fourth-order valence-corrected chi connectivity index (χ4v) is 3.13. The van der Waals surface area contributed by atoms with Crippen LogP contribution in [0.5, 0.6) is 0 Å². The van der Waals surface area contributed by atoms with Gasteiger partial charge in [-0.25, -0.2) is 0 Å². The Hall–Kier alpha value is -0.0500. The molecule has 0 N–H and O–H groups in total. The van der Waals surface area contributed by atoms with Gasteiger partial charge in [0.15, 0.2) is 0 Å². The minimum Gasteiger partial charge on any atom is -0.339 e. The Bertz CT molecular complexity index is 226. The smallest absolute Gasteiger partial charge is 0.225 e. The Balaban J connectivity index is 1.93. The number of amides is 1. The molecule has 3 heteroatoms. The van der Waals surface area contributed by atoms with Crippen LogP contribution in [0.4, 0.5) is 0 Å². The summed E-state index contributed by atoms with van der Waals surface area (Å²) in [6, 6.07) is 0.520. The lowest BCUT2D eigenvalue weighted by atomic mass is 9.83. The van der Waals surface area contributed by atoms with Crippen molar-refractivity contribution in [2.75, 3.05) is 11.9 Å². The van der Waals surface area contributed by atoms with Gasteiger partial charge in [0.1, 0.15) is 0 Å². The Morgan fingerprint density at radius 3 is 2.60 bits per heavy atom. The molecule has 1 amide bonds. The van der Waals surface area contributed by atoms with Crippen LogP contribution in [0, 0.1) is 5.92 Å². The van der Waals surface area contributed by atoms with Crippen molar-refractivity contribution >= 4 is 21.8 Å². The second kappa shape index (κ2) is 5.33. The Kier molecular flexibility index (Phi) is 4.06. The van der Waals surface area contributed by atoms with Crippen molar-refractivity contribution < 1.29 is 4.79 Å². The summed E-state index contributed by atoms with van der Waals surface area (Å²) in [7, 11) is 0. The van der Waals surface area contributed by atoms with Crippen LogP contribution in [0.1, 0.15) is 44.9 Å². The fourth-order valence-electron chi connectivity index (χ4n) is 2.61. The van der Waals surface area contributed by atoms with Crippen LogP contribution in [-0.2, 0) is 4.79 Å². The molecule has 1 aliphatic heterocycles. The summed E-state index contributed by atoms with van der Waals surface area (Å²) in [6.07, 6.45) is 8.37. The van der Waals surface area contributed by atoms with E-state index >= 15 is 0 Å².